The van der Waals surface area contributed by atoms with Gasteiger partial charge >= 0.3 is 13.1 Å². The zero-order valence-corrected chi connectivity index (χ0v) is 14.7. The van der Waals surface area contributed by atoms with E-state index in [1.807, 2.05) is 18.2 Å². The Morgan fingerprint density at radius 2 is 2.00 bits per heavy atom. The van der Waals surface area contributed by atoms with Gasteiger partial charge in [0.2, 0.25) is 5.91 Å². The standard InChI is InChI=1S/C18H25BN2O5/c22-17(8-12-5-6-13-10-20-11-14(13)7-12)21-16-4-2-1-3-15(9-18(23)24)26-19(16)25/h5-7,15-16,20,25H,1-4,8-11H2,(H,21,22)(H,23,24)/t15-,16+/m1/s1. The zero-order valence-electron chi connectivity index (χ0n) is 14.7. The molecule has 26 heavy (non-hydrogen) atoms. The molecule has 4 N–H and O–H groups in total. The third kappa shape index (κ3) is 5.06. The fraction of sp³-hybridized carbons (Fsp3) is 0.556. The molecule has 0 saturated carbocycles. The minimum Gasteiger partial charge on any atom is -0.481 e. The Kier molecular flexibility index (Phi) is 6.29. The second kappa shape index (κ2) is 8.66. The summed E-state index contributed by atoms with van der Waals surface area (Å²) >= 11 is 0. The number of carbonyl (C=O) groups excluding carboxylic acids is 1. The Bertz CT molecular complexity index is 669. The van der Waals surface area contributed by atoms with Crippen molar-refractivity contribution in [1.82, 2.24) is 10.6 Å². The van der Waals surface area contributed by atoms with Crippen molar-refractivity contribution in [3.05, 3.63) is 34.9 Å². The molecule has 8 heteroatoms. The van der Waals surface area contributed by atoms with Gasteiger partial charge in [-0.3, -0.25) is 9.59 Å². The highest BCUT2D eigenvalue weighted by molar-refractivity contribution is 6.45. The van der Waals surface area contributed by atoms with Crippen LogP contribution in [0.1, 0.15) is 48.8 Å². The molecule has 2 atom stereocenters. The van der Waals surface area contributed by atoms with Gasteiger partial charge in [-0.2, -0.15) is 0 Å². The van der Waals surface area contributed by atoms with Crippen LogP contribution in [0, 0.1) is 0 Å². The SMILES string of the molecule is O=C(O)C[C@H]1CCCC[C@H](NC(=O)Cc2ccc3c(c2)CNC3)B(O)O1. The third-order valence-corrected chi connectivity index (χ3v) is 4.98. The van der Waals surface area contributed by atoms with Crippen LogP contribution in [0.4, 0.5) is 0 Å². The first kappa shape index (κ1) is 18.9. The first-order valence-corrected chi connectivity index (χ1v) is 9.17. The van der Waals surface area contributed by atoms with Crippen LogP contribution >= 0.6 is 0 Å². The molecule has 0 aliphatic carbocycles. The summed E-state index contributed by atoms with van der Waals surface area (Å²) in [4.78, 5) is 23.3. The Hall–Kier alpha value is -1.90. The van der Waals surface area contributed by atoms with Crippen LogP contribution in [0.5, 0.6) is 0 Å². The van der Waals surface area contributed by atoms with Gasteiger partial charge in [0.1, 0.15) is 0 Å². The highest BCUT2D eigenvalue weighted by atomic mass is 16.5. The summed E-state index contributed by atoms with van der Waals surface area (Å²) in [5, 5.41) is 25.3. The van der Waals surface area contributed by atoms with Crippen molar-refractivity contribution in [2.24, 2.45) is 0 Å². The highest BCUT2D eigenvalue weighted by Gasteiger charge is 2.33. The molecule has 0 spiro atoms. The molecule has 0 unspecified atom stereocenters. The van der Waals surface area contributed by atoms with Gasteiger partial charge in [0.25, 0.3) is 0 Å². The average molecular weight is 360 g/mol. The van der Waals surface area contributed by atoms with Crippen molar-refractivity contribution < 1.29 is 24.4 Å². The van der Waals surface area contributed by atoms with Crippen molar-refractivity contribution >= 4 is 19.0 Å². The van der Waals surface area contributed by atoms with Gasteiger partial charge in [-0.15, -0.1) is 0 Å². The number of benzene rings is 1. The lowest BCUT2D eigenvalue weighted by molar-refractivity contribution is -0.139. The molecule has 0 bridgehead atoms. The van der Waals surface area contributed by atoms with Crippen molar-refractivity contribution in [3.63, 3.8) is 0 Å². The molecule has 140 valence electrons. The van der Waals surface area contributed by atoms with Crippen LogP contribution in [-0.4, -0.2) is 41.2 Å². The molecule has 2 heterocycles. The van der Waals surface area contributed by atoms with Gasteiger partial charge in [0.05, 0.1) is 24.9 Å². The van der Waals surface area contributed by atoms with E-state index in [1.54, 1.807) is 0 Å². The van der Waals surface area contributed by atoms with E-state index in [2.05, 4.69) is 10.6 Å². The molecule has 0 aromatic heterocycles. The van der Waals surface area contributed by atoms with E-state index >= 15 is 0 Å². The molecule has 1 aromatic carbocycles. The molecule has 3 rings (SSSR count). The largest absolute Gasteiger partial charge is 0.481 e. The number of carbonyl (C=O) groups is 2. The van der Waals surface area contributed by atoms with Gasteiger partial charge in [-0.1, -0.05) is 31.0 Å². The Morgan fingerprint density at radius 1 is 1.23 bits per heavy atom. The Balaban J connectivity index is 1.56. The number of carboxylic acids is 1. The maximum atomic E-state index is 12.4. The third-order valence-electron chi connectivity index (χ3n) is 4.98. The van der Waals surface area contributed by atoms with Crippen molar-refractivity contribution in [2.75, 3.05) is 0 Å². The Labute approximate surface area is 153 Å². The van der Waals surface area contributed by atoms with E-state index in [4.69, 9.17) is 9.76 Å². The molecule has 2 aliphatic heterocycles. The number of hydrogen-bond acceptors (Lipinski definition) is 5. The van der Waals surface area contributed by atoms with E-state index in [0.29, 0.717) is 12.8 Å². The number of nitrogens with one attached hydrogen (secondary N) is 2. The van der Waals surface area contributed by atoms with E-state index in [1.165, 1.54) is 11.1 Å². The molecule has 0 radical (unpaired) electrons. The quantitative estimate of drug-likeness (QED) is 0.578. The van der Waals surface area contributed by atoms with Gasteiger partial charge in [-0.25, -0.2) is 0 Å². The summed E-state index contributed by atoms with van der Waals surface area (Å²) in [6, 6.07) is 6.05. The lowest BCUT2D eigenvalue weighted by atomic mass is 9.74. The number of rotatable bonds is 5. The predicted molar refractivity (Wildman–Crippen MR) is 96.2 cm³/mol. The number of fused-ring (bicyclic) bond motifs is 1. The monoisotopic (exact) mass is 360 g/mol. The summed E-state index contributed by atoms with van der Waals surface area (Å²) in [6.07, 6.45) is 2.43. The summed E-state index contributed by atoms with van der Waals surface area (Å²) in [7, 11) is -1.19. The fourth-order valence-electron chi connectivity index (χ4n) is 3.63. The smallest absolute Gasteiger partial charge is 0.478 e. The molecular formula is C18H25BN2O5. The second-order valence-corrected chi connectivity index (χ2v) is 7.09. The zero-order chi connectivity index (χ0) is 18.5. The summed E-state index contributed by atoms with van der Waals surface area (Å²) < 4.78 is 5.48. The summed E-state index contributed by atoms with van der Waals surface area (Å²) in [6.45, 7) is 1.69. The van der Waals surface area contributed by atoms with E-state index < -0.39 is 25.1 Å². The van der Waals surface area contributed by atoms with E-state index in [0.717, 1.165) is 31.5 Å². The number of aliphatic carboxylic acids is 1. The number of hydrogen-bond donors (Lipinski definition) is 4. The molecule has 1 fully saturated rings. The van der Waals surface area contributed by atoms with Gasteiger partial charge < -0.3 is 25.4 Å². The van der Waals surface area contributed by atoms with Crippen LogP contribution in [0.15, 0.2) is 18.2 Å². The van der Waals surface area contributed by atoms with Crippen LogP contribution in [0.25, 0.3) is 0 Å². The van der Waals surface area contributed by atoms with Gasteiger partial charge in [-0.05, 0) is 29.5 Å². The topological polar surface area (TPSA) is 108 Å². The Morgan fingerprint density at radius 3 is 2.81 bits per heavy atom. The molecule has 1 aromatic rings. The second-order valence-electron chi connectivity index (χ2n) is 7.09. The first-order valence-electron chi connectivity index (χ1n) is 9.17. The lowest BCUT2D eigenvalue weighted by Crippen LogP contribution is -2.50. The van der Waals surface area contributed by atoms with E-state index in [9.17, 15) is 14.6 Å². The van der Waals surface area contributed by atoms with E-state index in [-0.39, 0.29) is 18.7 Å². The van der Waals surface area contributed by atoms with Crippen LogP contribution in [-0.2, 0) is 33.8 Å². The molecule has 1 saturated heterocycles. The summed E-state index contributed by atoms with van der Waals surface area (Å²) in [5.41, 5.74) is 3.43. The summed E-state index contributed by atoms with van der Waals surface area (Å²) in [5.74, 6) is -1.64. The molecule has 7 nitrogen and oxygen atoms in total. The maximum absolute atomic E-state index is 12.4. The highest BCUT2D eigenvalue weighted by Crippen LogP contribution is 2.19. The minimum atomic E-state index is -1.19. The number of amides is 1. The van der Waals surface area contributed by atoms with Crippen molar-refractivity contribution in [2.45, 2.75) is 63.7 Å². The molecular weight excluding hydrogens is 335 g/mol. The lowest BCUT2D eigenvalue weighted by Gasteiger charge is -2.27. The van der Waals surface area contributed by atoms with Crippen LogP contribution in [0.2, 0.25) is 0 Å². The number of carboxylic acid groups (broad SMARTS) is 1. The molecule has 1 amide bonds. The van der Waals surface area contributed by atoms with Gasteiger partial charge in [0, 0.05) is 13.1 Å². The van der Waals surface area contributed by atoms with Crippen LogP contribution in [0.3, 0.4) is 0 Å². The fourth-order valence-corrected chi connectivity index (χ4v) is 3.63. The van der Waals surface area contributed by atoms with Gasteiger partial charge in [0.15, 0.2) is 0 Å². The average Bonchev–Trinajstić information content (AvgIpc) is 3.03. The molecule has 2 aliphatic rings. The first-order chi connectivity index (χ1) is 12.5. The van der Waals surface area contributed by atoms with Crippen molar-refractivity contribution in [1.29, 1.82) is 0 Å². The normalized spacial score (nSPS) is 23.0. The van der Waals surface area contributed by atoms with Crippen LogP contribution < -0.4 is 10.6 Å². The maximum Gasteiger partial charge on any atom is 0.478 e. The predicted octanol–water partition coefficient (Wildman–Crippen LogP) is 0.771. The van der Waals surface area contributed by atoms with Crippen molar-refractivity contribution in [3.8, 4) is 0 Å². The minimum absolute atomic E-state index is 0.138.